The molecule has 0 spiro atoms. The summed E-state index contributed by atoms with van der Waals surface area (Å²) in [5.74, 6) is 0.485. The first-order valence-electron chi connectivity index (χ1n) is 7.88. The predicted octanol–water partition coefficient (Wildman–Crippen LogP) is 3.70. The Labute approximate surface area is 144 Å². The summed E-state index contributed by atoms with van der Waals surface area (Å²) in [5.41, 5.74) is 2.60. The van der Waals surface area contributed by atoms with E-state index in [1.165, 1.54) is 6.07 Å². The molecule has 3 rings (SSSR count). The summed E-state index contributed by atoms with van der Waals surface area (Å²) in [6, 6.07) is 12.2. The summed E-state index contributed by atoms with van der Waals surface area (Å²) in [6.45, 7) is 5.35. The zero-order chi connectivity index (χ0) is 18.0. The minimum atomic E-state index is -0.497. The Balaban J connectivity index is 1.72. The lowest BCUT2D eigenvalue weighted by atomic mass is 10.1. The molecule has 0 saturated heterocycles. The van der Waals surface area contributed by atoms with E-state index in [0.29, 0.717) is 17.1 Å². The number of esters is 1. The molecule has 1 heterocycles. The van der Waals surface area contributed by atoms with Crippen LogP contribution in [0.4, 0.5) is 0 Å². The highest BCUT2D eigenvalue weighted by molar-refractivity contribution is 5.81. The molecule has 0 aliphatic heterocycles. The molecule has 5 nitrogen and oxygen atoms in total. The first-order valence-corrected chi connectivity index (χ1v) is 7.88. The Bertz CT molecular complexity index is 980. The quantitative estimate of drug-likeness (QED) is 0.412. The fourth-order valence-electron chi connectivity index (χ4n) is 2.64. The summed E-state index contributed by atoms with van der Waals surface area (Å²) in [5, 5.41) is 0.824. The van der Waals surface area contributed by atoms with E-state index in [-0.39, 0.29) is 6.61 Å². The van der Waals surface area contributed by atoms with Crippen LogP contribution in [0.3, 0.4) is 0 Å². The van der Waals surface area contributed by atoms with Crippen molar-refractivity contribution in [1.29, 1.82) is 0 Å². The van der Waals surface area contributed by atoms with Crippen LogP contribution in [-0.4, -0.2) is 12.6 Å². The van der Waals surface area contributed by atoms with Gasteiger partial charge in [-0.2, -0.15) is 0 Å². The standard InChI is InChI=1S/C20H18O5/c1-12-5-4-6-13(2)20(12)25-19(22)11-23-15-7-8-16-14(3)9-18(21)24-17(16)10-15/h4-10H,11H2,1-3H3. The molecule has 0 N–H and O–H groups in total. The van der Waals surface area contributed by atoms with Gasteiger partial charge in [-0.15, -0.1) is 0 Å². The molecule has 128 valence electrons. The lowest BCUT2D eigenvalue weighted by Gasteiger charge is -2.11. The number of fused-ring (bicyclic) bond motifs is 1. The van der Waals surface area contributed by atoms with Crippen molar-refractivity contribution < 1.29 is 18.7 Å². The van der Waals surface area contributed by atoms with Crippen molar-refractivity contribution in [2.75, 3.05) is 6.61 Å². The van der Waals surface area contributed by atoms with Gasteiger partial charge in [0.2, 0.25) is 0 Å². The first kappa shape index (κ1) is 16.8. The van der Waals surface area contributed by atoms with E-state index >= 15 is 0 Å². The smallest absolute Gasteiger partial charge is 0.349 e. The molecule has 0 unspecified atom stereocenters. The van der Waals surface area contributed by atoms with E-state index in [1.54, 1.807) is 18.2 Å². The van der Waals surface area contributed by atoms with E-state index < -0.39 is 11.6 Å². The van der Waals surface area contributed by atoms with E-state index in [9.17, 15) is 9.59 Å². The van der Waals surface area contributed by atoms with E-state index in [0.717, 1.165) is 22.1 Å². The molecule has 5 heteroatoms. The number of hydrogen-bond donors (Lipinski definition) is 0. The minimum absolute atomic E-state index is 0.241. The number of aryl methyl sites for hydroxylation is 3. The maximum absolute atomic E-state index is 12.0. The molecule has 0 aliphatic rings. The highest BCUT2D eigenvalue weighted by atomic mass is 16.6. The Morgan fingerprint density at radius 3 is 2.44 bits per heavy atom. The van der Waals surface area contributed by atoms with Crippen LogP contribution in [0, 0.1) is 20.8 Å². The van der Waals surface area contributed by atoms with Gasteiger partial charge < -0.3 is 13.9 Å². The van der Waals surface area contributed by atoms with Crippen LogP contribution in [0.25, 0.3) is 11.0 Å². The maximum atomic E-state index is 12.0. The number of para-hydroxylation sites is 1. The van der Waals surface area contributed by atoms with Crippen molar-refractivity contribution >= 4 is 16.9 Å². The second-order valence-corrected chi connectivity index (χ2v) is 5.89. The summed E-state index contributed by atoms with van der Waals surface area (Å²) < 4.78 is 16.0. The van der Waals surface area contributed by atoms with Crippen molar-refractivity contribution in [2.45, 2.75) is 20.8 Å². The van der Waals surface area contributed by atoms with Crippen LogP contribution in [0.5, 0.6) is 11.5 Å². The van der Waals surface area contributed by atoms with Gasteiger partial charge in [-0.3, -0.25) is 0 Å². The zero-order valence-electron chi connectivity index (χ0n) is 14.3. The lowest BCUT2D eigenvalue weighted by molar-refractivity contribution is -0.136. The number of ether oxygens (including phenoxy) is 2. The Morgan fingerprint density at radius 2 is 1.72 bits per heavy atom. The SMILES string of the molecule is Cc1cccc(C)c1OC(=O)COc1ccc2c(C)cc(=O)oc2c1. The molecule has 0 radical (unpaired) electrons. The van der Waals surface area contributed by atoms with Crippen molar-refractivity contribution in [3.8, 4) is 11.5 Å². The van der Waals surface area contributed by atoms with Gasteiger partial charge in [-0.1, -0.05) is 18.2 Å². The topological polar surface area (TPSA) is 65.7 Å². The van der Waals surface area contributed by atoms with E-state index in [1.807, 2.05) is 39.0 Å². The summed E-state index contributed by atoms with van der Waals surface area (Å²) in [7, 11) is 0. The van der Waals surface area contributed by atoms with E-state index in [4.69, 9.17) is 13.9 Å². The third-order valence-electron chi connectivity index (χ3n) is 3.90. The third-order valence-corrected chi connectivity index (χ3v) is 3.90. The van der Waals surface area contributed by atoms with Gasteiger partial charge in [0.1, 0.15) is 17.1 Å². The second kappa shape index (κ2) is 6.81. The molecule has 2 aromatic carbocycles. The van der Waals surface area contributed by atoms with Crippen molar-refractivity contribution in [3.63, 3.8) is 0 Å². The van der Waals surface area contributed by atoms with Crippen LogP contribution >= 0.6 is 0 Å². The van der Waals surface area contributed by atoms with E-state index in [2.05, 4.69) is 0 Å². The van der Waals surface area contributed by atoms with Gasteiger partial charge in [-0.05, 0) is 49.6 Å². The zero-order valence-corrected chi connectivity index (χ0v) is 14.3. The largest absolute Gasteiger partial charge is 0.482 e. The molecular weight excluding hydrogens is 320 g/mol. The molecule has 1 aromatic heterocycles. The first-order chi connectivity index (χ1) is 11.9. The highest BCUT2D eigenvalue weighted by Gasteiger charge is 2.11. The second-order valence-electron chi connectivity index (χ2n) is 5.89. The van der Waals surface area contributed by atoms with Gasteiger partial charge in [0, 0.05) is 17.5 Å². The molecule has 0 saturated carbocycles. The molecule has 0 amide bonds. The number of hydrogen-bond acceptors (Lipinski definition) is 5. The summed E-state index contributed by atoms with van der Waals surface area (Å²) in [6.07, 6.45) is 0. The van der Waals surface area contributed by atoms with Crippen LogP contribution in [-0.2, 0) is 4.79 Å². The van der Waals surface area contributed by atoms with Crippen molar-refractivity contribution in [2.24, 2.45) is 0 Å². The number of carbonyl (C=O) groups is 1. The van der Waals surface area contributed by atoms with Crippen LogP contribution in [0.15, 0.2) is 51.7 Å². The monoisotopic (exact) mass is 338 g/mol. The molecular formula is C20H18O5. The molecule has 0 atom stereocenters. The molecule has 3 aromatic rings. The van der Waals surface area contributed by atoms with Gasteiger partial charge in [0.15, 0.2) is 6.61 Å². The van der Waals surface area contributed by atoms with Gasteiger partial charge in [-0.25, -0.2) is 9.59 Å². The normalized spacial score (nSPS) is 10.7. The average Bonchev–Trinajstić information content (AvgIpc) is 2.56. The molecule has 25 heavy (non-hydrogen) atoms. The van der Waals surface area contributed by atoms with Crippen LogP contribution in [0.2, 0.25) is 0 Å². The third kappa shape index (κ3) is 3.71. The Morgan fingerprint density at radius 1 is 1.00 bits per heavy atom. The van der Waals surface area contributed by atoms with Gasteiger partial charge in [0.25, 0.3) is 0 Å². The average molecular weight is 338 g/mol. The van der Waals surface area contributed by atoms with Crippen molar-refractivity contribution in [3.05, 3.63) is 69.6 Å². The fraction of sp³-hybridized carbons (Fsp3) is 0.200. The predicted molar refractivity (Wildman–Crippen MR) is 94.3 cm³/mol. The Kier molecular flexibility index (Phi) is 4.57. The summed E-state index contributed by atoms with van der Waals surface area (Å²) >= 11 is 0. The number of rotatable bonds is 4. The minimum Gasteiger partial charge on any atom is -0.482 e. The van der Waals surface area contributed by atoms with Crippen molar-refractivity contribution in [1.82, 2.24) is 0 Å². The summed E-state index contributed by atoms with van der Waals surface area (Å²) in [4.78, 5) is 23.5. The van der Waals surface area contributed by atoms with Crippen LogP contribution < -0.4 is 15.1 Å². The number of benzene rings is 2. The van der Waals surface area contributed by atoms with Gasteiger partial charge in [0.05, 0.1) is 0 Å². The lowest BCUT2D eigenvalue weighted by Crippen LogP contribution is -2.18. The van der Waals surface area contributed by atoms with Gasteiger partial charge >= 0.3 is 11.6 Å². The fourth-order valence-corrected chi connectivity index (χ4v) is 2.64. The number of carbonyl (C=O) groups excluding carboxylic acids is 1. The Hall–Kier alpha value is -3.08. The highest BCUT2D eigenvalue weighted by Crippen LogP contribution is 2.24. The molecule has 0 aliphatic carbocycles. The molecule has 0 bridgehead atoms. The molecule has 0 fully saturated rings. The van der Waals surface area contributed by atoms with Crippen LogP contribution in [0.1, 0.15) is 16.7 Å². The maximum Gasteiger partial charge on any atom is 0.349 e.